The number of nitrogens with one attached hydrogen (secondary N) is 1. The third kappa shape index (κ3) is 3.58. The molecule has 2 heterocycles. The van der Waals surface area contributed by atoms with E-state index in [2.05, 4.69) is 16.9 Å². The van der Waals surface area contributed by atoms with Gasteiger partial charge in [-0.05, 0) is 13.3 Å². The number of aryl methyl sites for hydroxylation is 1. The molecule has 1 aromatic heterocycles. The smallest absolute Gasteiger partial charge is 0.303 e. The van der Waals surface area contributed by atoms with Crippen molar-refractivity contribution < 1.29 is 9.90 Å². The Balaban J connectivity index is 2.25. The Morgan fingerprint density at radius 1 is 1.45 bits per heavy atom. The summed E-state index contributed by atoms with van der Waals surface area (Å²) < 4.78 is 0. The average Bonchev–Trinajstić information content (AvgIpc) is 2.37. The molecule has 1 aromatic rings. The summed E-state index contributed by atoms with van der Waals surface area (Å²) in [5.74, 6) is 2.00. The van der Waals surface area contributed by atoms with Crippen molar-refractivity contribution in [2.75, 3.05) is 11.5 Å². The van der Waals surface area contributed by atoms with Crippen molar-refractivity contribution in [2.24, 2.45) is 0 Å². The van der Waals surface area contributed by atoms with E-state index in [0.29, 0.717) is 16.5 Å². The Kier molecular flexibility index (Phi) is 5.15. The van der Waals surface area contributed by atoms with Crippen molar-refractivity contribution in [3.8, 4) is 0 Å². The second-order valence-electron chi connectivity index (χ2n) is 4.78. The molecule has 0 radical (unpaired) electrons. The van der Waals surface area contributed by atoms with Crippen molar-refractivity contribution >= 4 is 29.5 Å². The third-order valence-electron chi connectivity index (χ3n) is 3.29. The van der Waals surface area contributed by atoms with E-state index in [-0.39, 0.29) is 23.7 Å². The summed E-state index contributed by atoms with van der Waals surface area (Å²) in [7, 11) is 0. The standard InChI is InChI=1S/C13H18N2O3S2/c1-7-9(3-4-10(16)17)13(18)15-12(14-7)11-8(2)19-5-6-20-11/h8,11H,3-6H2,1-2H3,(H,16,17)(H,14,15,18). The number of carboxylic acids is 1. The highest BCUT2D eigenvalue weighted by atomic mass is 32.2. The van der Waals surface area contributed by atoms with Gasteiger partial charge in [0.25, 0.3) is 5.56 Å². The van der Waals surface area contributed by atoms with Crippen LogP contribution in [0.15, 0.2) is 4.79 Å². The number of nitrogens with zero attached hydrogens (tertiary/aromatic N) is 1. The van der Waals surface area contributed by atoms with Gasteiger partial charge >= 0.3 is 5.97 Å². The third-order valence-corrected chi connectivity index (χ3v) is 6.39. The summed E-state index contributed by atoms with van der Waals surface area (Å²) >= 11 is 3.71. The fourth-order valence-electron chi connectivity index (χ4n) is 2.23. The van der Waals surface area contributed by atoms with Crippen LogP contribution in [0.5, 0.6) is 0 Å². The molecular formula is C13H18N2O3S2. The minimum Gasteiger partial charge on any atom is -0.481 e. The minimum absolute atomic E-state index is 0.0463. The molecule has 1 saturated heterocycles. The summed E-state index contributed by atoms with van der Waals surface area (Å²) in [5, 5.41) is 9.33. The second-order valence-corrected chi connectivity index (χ2v) is 7.51. The number of hydrogen-bond acceptors (Lipinski definition) is 5. The number of carboxylic acid groups (broad SMARTS) is 1. The van der Waals surface area contributed by atoms with Crippen LogP contribution in [-0.2, 0) is 11.2 Å². The molecule has 2 rings (SSSR count). The molecule has 2 atom stereocenters. The van der Waals surface area contributed by atoms with Crippen LogP contribution < -0.4 is 5.56 Å². The van der Waals surface area contributed by atoms with E-state index in [1.165, 1.54) is 0 Å². The first-order valence-corrected chi connectivity index (χ1v) is 8.63. The zero-order chi connectivity index (χ0) is 14.7. The predicted octanol–water partition coefficient (Wildman–Crippen LogP) is 2.01. The zero-order valence-corrected chi connectivity index (χ0v) is 13.1. The first kappa shape index (κ1) is 15.4. The summed E-state index contributed by atoms with van der Waals surface area (Å²) in [6.45, 7) is 3.93. The van der Waals surface area contributed by atoms with E-state index in [9.17, 15) is 9.59 Å². The molecule has 1 fully saturated rings. The topological polar surface area (TPSA) is 83.0 Å². The normalized spacial score (nSPS) is 22.7. The van der Waals surface area contributed by atoms with Crippen molar-refractivity contribution in [2.45, 2.75) is 37.2 Å². The zero-order valence-electron chi connectivity index (χ0n) is 11.5. The monoisotopic (exact) mass is 314 g/mol. The van der Waals surface area contributed by atoms with Crippen LogP contribution in [0.2, 0.25) is 0 Å². The van der Waals surface area contributed by atoms with Gasteiger partial charge in [-0.2, -0.15) is 11.8 Å². The van der Waals surface area contributed by atoms with Gasteiger partial charge in [-0.15, -0.1) is 11.8 Å². The number of aliphatic carboxylic acids is 1. The van der Waals surface area contributed by atoms with Crippen LogP contribution in [0.4, 0.5) is 0 Å². The SMILES string of the molecule is Cc1nc(C2SCCSC2C)[nH]c(=O)c1CCC(=O)O. The van der Waals surface area contributed by atoms with Crippen LogP contribution in [0.3, 0.4) is 0 Å². The maximum Gasteiger partial charge on any atom is 0.303 e. The number of aromatic nitrogens is 2. The van der Waals surface area contributed by atoms with Crippen LogP contribution >= 0.6 is 23.5 Å². The van der Waals surface area contributed by atoms with Gasteiger partial charge in [0.05, 0.1) is 5.25 Å². The van der Waals surface area contributed by atoms with E-state index in [1.807, 2.05) is 23.5 Å². The second kappa shape index (κ2) is 6.67. The van der Waals surface area contributed by atoms with Crippen LogP contribution in [-0.4, -0.2) is 37.8 Å². The number of rotatable bonds is 4. The van der Waals surface area contributed by atoms with Gasteiger partial charge in [0, 0.05) is 34.4 Å². The van der Waals surface area contributed by atoms with Crippen LogP contribution in [0.25, 0.3) is 0 Å². The van der Waals surface area contributed by atoms with Gasteiger partial charge in [0.2, 0.25) is 0 Å². The summed E-state index contributed by atoms with van der Waals surface area (Å²) in [5.41, 5.74) is 0.933. The Labute approximate surface area is 126 Å². The fourth-order valence-corrected chi connectivity index (χ4v) is 4.94. The molecule has 2 N–H and O–H groups in total. The summed E-state index contributed by atoms with van der Waals surface area (Å²) in [6.07, 6.45) is 0.182. The van der Waals surface area contributed by atoms with Crippen molar-refractivity contribution in [3.63, 3.8) is 0 Å². The molecule has 0 aromatic carbocycles. The van der Waals surface area contributed by atoms with E-state index in [4.69, 9.17) is 5.11 Å². The highest BCUT2D eigenvalue weighted by Gasteiger charge is 2.27. The van der Waals surface area contributed by atoms with Crippen molar-refractivity contribution in [1.82, 2.24) is 9.97 Å². The Morgan fingerprint density at radius 3 is 2.75 bits per heavy atom. The molecule has 0 aliphatic carbocycles. The van der Waals surface area contributed by atoms with Gasteiger partial charge in [-0.25, -0.2) is 4.98 Å². The lowest BCUT2D eigenvalue weighted by Crippen LogP contribution is -2.25. The van der Waals surface area contributed by atoms with Gasteiger partial charge in [-0.1, -0.05) is 6.92 Å². The Bertz CT molecular complexity index is 559. The minimum atomic E-state index is -0.902. The maximum absolute atomic E-state index is 12.1. The van der Waals surface area contributed by atoms with Crippen molar-refractivity contribution in [1.29, 1.82) is 0 Å². The largest absolute Gasteiger partial charge is 0.481 e. The lowest BCUT2D eigenvalue weighted by molar-refractivity contribution is -0.136. The number of hydrogen-bond donors (Lipinski definition) is 2. The molecule has 110 valence electrons. The van der Waals surface area contributed by atoms with E-state index in [0.717, 1.165) is 17.3 Å². The van der Waals surface area contributed by atoms with Gasteiger partial charge in [0.15, 0.2) is 0 Å². The highest BCUT2D eigenvalue weighted by Crippen LogP contribution is 2.40. The molecule has 1 aliphatic rings. The first-order valence-electron chi connectivity index (χ1n) is 6.53. The molecule has 0 spiro atoms. The van der Waals surface area contributed by atoms with Gasteiger partial charge in [-0.3, -0.25) is 9.59 Å². The predicted molar refractivity (Wildman–Crippen MR) is 82.7 cm³/mol. The molecule has 0 bridgehead atoms. The number of thioether (sulfide) groups is 2. The van der Waals surface area contributed by atoms with E-state index in [1.54, 1.807) is 6.92 Å². The Hall–Kier alpha value is -0.950. The van der Waals surface area contributed by atoms with E-state index < -0.39 is 5.97 Å². The Morgan fingerprint density at radius 2 is 2.15 bits per heavy atom. The highest BCUT2D eigenvalue weighted by molar-refractivity contribution is 8.06. The maximum atomic E-state index is 12.1. The number of H-pyrrole nitrogens is 1. The van der Waals surface area contributed by atoms with E-state index >= 15 is 0 Å². The fraction of sp³-hybridized carbons (Fsp3) is 0.615. The van der Waals surface area contributed by atoms with Gasteiger partial charge in [0.1, 0.15) is 5.82 Å². The summed E-state index contributed by atoms with van der Waals surface area (Å²) in [4.78, 5) is 30.1. The van der Waals surface area contributed by atoms with Crippen molar-refractivity contribution in [3.05, 3.63) is 27.4 Å². The first-order chi connectivity index (χ1) is 9.49. The molecule has 5 nitrogen and oxygen atoms in total. The molecule has 7 heteroatoms. The average molecular weight is 314 g/mol. The molecule has 0 amide bonds. The van der Waals surface area contributed by atoms with Gasteiger partial charge < -0.3 is 10.1 Å². The quantitative estimate of drug-likeness (QED) is 0.884. The molecule has 2 unspecified atom stereocenters. The molecule has 0 saturated carbocycles. The van der Waals surface area contributed by atoms with Crippen LogP contribution in [0, 0.1) is 6.92 Å². The lowest BCUT2D eigenvalue weighted by atomic mass is 10.1. The molecule has 20 heavy (non-hydrogen) atoms. The molecule has 1 aliphatic heterocycles. The number of carbonyl (C=O) groups is 1. The lowest BCUT2D eigenvalue weighted by Gasteiger charge is -2.27. The van der Waals surface area contributed by atoms with Crippen LogP contribution in [0.1, 0.15) is 35.7 Å². The molecular weight excluding hydrogens is 296 g/mol. The number of aromatic amines is 1. The summed E-state index contributed by atoms with van der Waals surface area (Å²) in [6, 6.07) is 0.